The third-order valence-corrected chi connectivity index (χ3v) is 6.52. The highest BCUT2D eigenvalue weighted by Gasteiger charge is 2.62. The molecule has 2 aliphatic carbocycles. The normalized spacial score (nSPS) is 29.4. The van der Waals surface area contributed by atoms with Crippen molar-refractivity contribution in [1.29, 1.82) is 0 Å². The molecular formula is C17H20N2O6. The number of esters is 1. The van der Waals surface area contributed by atoms with Crippen molar-refractivity contribution in [2.75, 3.05) is 0 Å². The molecule has 0 radical (unpaired) electrons. The molecule has 8 heteroatoms. The Labute approximate surface area is 144 Å². The molecule has 0 heterocycles. The lowest BCUT2D eigenvalue weighted by Crippen LogP contribution is -2.38. The number of carbonyl (C=O) groups excluding carboxylic acids is 1. The van der Waals surface area contributed by atoms with E-state index in [0.29, 0.717) is 5.92 Å². The molecule has 1 aromatic rings. The van der Waals surface area contributed by atoms with Crippen LogP contribution in [0.5, 0.6) is 0 Å². The summed E-state index contributed by atoms with van der Waals surface area (Å²) >= 11 is 0. The van der Waals surface area contributed by atoms with E-state index in [2.05, 4.69) is 20.8 Å². The van der Waals surface area contributed by atoms with E-state index in [1.54, 1.807) is 0 Å². The zero-order valence-electron chi connectivity index (χ0n) is 14.4. The number of hydrogen-bond acceptors (Lipinski definition) is 6. The van der Waals surface area contributed by atoms with Gasteiger partial charge in [0, 0.05) is 17.5 Å². The molecule has 8 nitrogen and oxygen atoms in total. The lowest BCUT2D eigenvalue weighted by Gasteiger charge is -2.38. The van der Waals surface area contributed by atoms with Crippen molar-refractivity contribution in [3.05, 3.63) is 44.0 Å². The van der Waals surface area contributed by atoms with Crippen LogP contribution in [0.3, 0.4) is 0 Å². The number of carbonyl (C=O) groups is 1. The zero-order valence-corrected chi connectivity index (χ0v) is 14.4. The Morgan fingerprint density at radius 3 is 2.08 bits per heavy atom. The minimum absolute atomic E-state index is 0.0482. The molecule has 3 rings (SSSR count). The second-order valence-electron chi connectivity index (χ2n) is 7.76. The molecule has 1 aromatic carbocycles. The topological polar surface area (TPSA) is 113 Å². The van der Waals surface area contributed by atoms with Gasteiger partial charge < -0.3 is 4.74 Å². The fourth-order valence-electron chi connectivity index (χ4n) is 4.43. The number of nitro benzene ring substituents is 2. The largest absolute Gasteiger partial charge is 0.458 e. The standard InChI is InChI=1S/C17H20N2O6/c1-16(2)11-4-5-17(16,3)14(8-11)25-15(20)10-6-12(18(21)22)9-13(7-10)19(23)24/h6-7,9,11,14H,4-5,8H2,1-3H3/t11-,14-,17+/m1/s1. The lowest BCUT2D eigenvalue weighted by molar-refractivity contribution is -0.394. The van der Waals surface area contributed by atoms with Crippen molar-refractivity contribution in [3.63, 3.8) is 0 Å². The Bertz CT molecular complexity index is 742. The van der Waals surface area contributed by atoms with Crippen LogP contribution in [0.1, 0.15) is 50.4 Å². The van der Waals surface area contributed by atoms with Gasteiger partial charge in [-0.05, 0) is 30.6 Å². The van der Waals surface area contributed by atoms with Gasteiger partial charge in [0.15, 0.2) is 0 Å². The maximum absolute atomic E-state index is 12.5. The smallest absolute Gasteiger partial charge is 0.338 e. The van der Waals surface area contributed by atoms with Crippen LogP contribution in [0.2, 0.25) is 0 Å². The molecule has 0 saturated heterocycles. The summed E-state index contributed by atoms with van der Waals surface area (Å²) in [7, 11) is 0. The van der Waals surface area contributed by atoms with Gasteiger partial charge in [-0.2, -0.15) is 0 Å². The van der Waals surface area contributed by atoms with E-state index in [0.717, 1.165) is 37.5 Å². The van der Waals surface area contributed by atoms with Crippen molar-refractivity contribution in [2.45, 2.75) is 46.1 Å². The van der Waals surface area contributed by atoms with E-state index in [-0.39, 0.29) is 22.5 Å². The quantitative estimate of drug-likeness (QED) is 0.463. The molecule has 0 amide bonds. The molecule has 0 N–H and O–H groups in total. The first kappa shape index (κ1) is 17.3. The highest BCUT2D eigenvalue weighted by Crippen LogP contribution is 2.66. The molecule has 0 aliphatic heterocycles. The number of nitro groups is 2. The summed E-state index contributed by atoms with van der Waals surface area (Å²) in [4.78, 5) is 32.9. The van der Waals surface area contributed by atoms with Gasteiger partial charge in [0.05, 0.1) is 21.5 Å². The predicted octanol–water partition coefficient (Wildman–Crippen LogP) is 3.87. The van der Waals surface area contributed by atoms with Gasteiger partial charge in [0.1, 0.15) is 6.10 Å². The van der Waals surface area contributed by atoms with Crippen LogP contribution in [-0.4, -0.2) is 21.9 Å². The molecule has 0 unspecified atom stereocenters. The van der Waals surface area contributed by atoms with Gasteiger partial charge in [0.2, 0.25) is 0 Å². The number of hydrogen-bond donors (Lipinski definition) is 0. The van der Waals surface area contributed by atoms with Gasteiger partial charge >= 0.3 is 5.97 Å². The first-order valence-corrected chi connectivity index (χ1v) is 8.21. The summed E-state index contributed by atoms with van der Waals surface area (Å²) in [6.07, 6.45) is 2.52. The highest BCUT2D eigenvalue weighted by molar-refractivity contribution is 5.91. The van der Waals surface area contributed by atoms with E-state index in [1.807, 2.05) is 0 Å². The predicted molar refractivity (Wildman–Crippen MR) is 88.2 cm³/mol. The van der Waals surface area contributed by atoms with Crippen molar-refractivity contribution < 1.29 is 19.4 Å². The summed E-state index contributed by atoms with van der Waals surface area (Å²) < 4.78 is 5.66. The van der Waals surface area contributed by atoms with Crippen LogP contribution in [0, 0.1) is 37.0 Å². The summed E-state index contributed by atoms with van der Waals surface area (Å²) in [5.74, 6) is -0.281. The zero-order chi connectivity index (χ0) is 18.6. The SMILES string of the molecule is CC1(C)[C@@H]2CC[C@@]1(C)[C@H](OC(=O)c1cc([N+](=O)[O-])cc([N+](=O)[O-])c1)C2. The molecule has 3 atom stereocenters. The van der Waals surface area contributed by atoms with E-state index < -0.39 is 27.2 Å². The number of fused-ring (bicyclic) bond motifs is 2. The van der Waals surface area contributed by atoms with E-state index in [9.17, 15) is 25.0 Å². The van der Waals surface area contributed by atoms with Crippen molar-refractivity contribution in [2.24, 2.45) is 16.7 Å². The van der Waals surface area contributed by atoms with Gasteiger partial charge in [-0.3, -0.25) is 20.2 Å². The van der Waals surface area contributed by atoms with Gasteiger partial charge in [-0.1, -0.05) is 20.8 Å². The summed E-state index contributed by atoms with van der Waals surface area (Å²) in [5.41, 5.74) is -1.27. The average Bonchev–Trinajstić information content (AvgIpc) is 2.87. The van der Waals surface area contributed by atoms with Crippen molar-refractivity contribution >= 4 is 17.3 Å². The molecule has 2 fully saturated rings. The fourth-order valence-corrected chi connectivity index (χ4v) is 4.43. The fraction of sp³-hybridized carbons (Fsp3) is 0.588. The monoisotopic (exact) mass is 348 g/mol. The average molecular weight is 348 g/mol. The van der Waals surface area contributed by atoms with Crippen LogP contribution in [-0.2, 0) is 4.74 Å². The number of nitrogens with zero attached hydrogens (tertiary/aromatic N) is 2. The molecule has 2 aliphatic rings. The third-order valence-electron chi connectivity index (χ3n) is 6.52. The Morgan fingerprint density at radius 1 is 1.12 bits per heavy atom. The molecule has 0 spiro atoms. The van der Waals surface area contributed by atoms with Gasteiger partial charge in [0.25, 0.3) is 11.4 Å². The van der Waals surface area contributed by atoms with E-state index in [1.165, 1.54) is 0 Å². The van der Waals surface area contributed by atoms with Crippen LogP contribution in [0.15, 0.2) is 18.2 Å². The molecule has 25 heavy (non-hydrogen) atoms. The molecule has 134 valence electrons. The Balaban J connectivity index is 1.87. The first-order chi connectivity index (χ1) is 11.6. The summed E-state index contributed by atoms with van der Waals surface area (Å²) in [5, 5.41) is 21.9. The molecular weight excluding hydrogens is 328 g/mol. The van der Waals surface area contributed by atoms with Crippen molar-refractivity contribution in [3.8, 4) is 0 Å². The summed E-state index contributed by atoms with van der Waals surface area (Å²) in [6.45, 7) is 6.46. The van der Waals surface area contributed by atoms with Crippen LogP contribution in [0.4, 0.5) is 11.4 Å². The van der Waals surface area contributed by atoms with Gasteiger partial charge in [-0.25, -0.2) is 4.79 Å². The maximum atomic E-state index is 12.5. The molecule has 2 saturated carbocycles. The van der Waals surface area contributed by atoms with Crippen LogP contribution < -0.4 is 0 Å². The maximum Gasteiger partial charge on any atom is 0.338 e. The number of ether oxygens (including phenoxy) is 1. The Hall–Kier alpha value is -2.51. The lowest BCUT2D eigenvalue weighted by atomic mass is 9.70. The Kier molecular flexibility index (Phi) is 3.81. The van der Waals surface area contributed by atoms with Crippen LogP contribution >= 0.6 is 0 Å². The minimum Gasteiger partial charge on any atom is -0.458 e. The minimum atomic E-state index is -0.758. The second-order valence-corrected chi connectivity index (χ2v) is 7.76. The third kappa shape index (κ3) is 2.56. The summed E-state index contributed by atoms with van der Waals surface area (Å²) in [6, 6.07) is 2.88. The van der Waals surface area contributed by atoms with Gasteiger partial charge in [-0.15, -0.1) is 0 Å². The highest BCUT2D eigenvalue weighted by atomic mass is 16.6. The first-order valence-electron chi connectivity index (χ1n) is 8.21. The van der Waals surface area contributed by atoms with E-state index >= 15 is 0 Å². The van der Waals surface area contributed by atoms with E-state index in [4.69, 9.17) is 4.74 Å². The van der Waals surface area contributed by atoms with Crippen LogP contribution in [0.25, 0.3) is 0 Å². The number of benzene rings is 1. The Morgan fingerprint density at radius 2 is 1.68 bits per heavy atom. The number of non-ortho nitro benzene ring substituents is 2. The molecule has 2 bridgehead atoms. The second kappa shape index (κ2) is 5.50. The number of rotatable bonds is 4. The molecule has 0 aromatic heterocycles. The van der Waals surface area contributed by atoms with Crippen molar-refractivity contribution in [1.82, 2.24) is 0 Å².